The molecule has 1 aliphatic heterocycles. The number of nitrogens with zero attached hydrogens (tertiary/aromatic N) is 1. The van der Waals surface area contributed by atoms with Gasteiger partial charge in [-0.2, -0.15) is 0 Å². The average molecular weight is 346 g/mol. The smallest absolute Gasteiger partial charge is 0.322 e. The summed E-state index contributed by atoms with van der Waals surface area (Å²) in [4.78, 5) is 15.3. The average Bonchev–Trinajstić information content (AvgIpc) is 2.99. The first-order valence-electron chi connectivity index (χ1n) is 8.20. The maximum atomic E-state index is 12.9. The molecule has 1 saturated heterocycles. The molecule has 128 valence electrons. The lowest BCUT2D eigenvalue weighted by atomic mass is 10.1. The van der Waals surface area contributed by atoms with E-state index in [2.05, 4.69) is 5.32 Å². The molecule has 3 rings (SSSR count). The lowest BCUT2D eigenvalue weighted by molar-refractivity contribution is 0.179. The molecule has 2 atom stereocenters. The van der Waals surface area contributed by atoms with Crippen LogP contribution in [0.15, 0.2) is 52.0 Å². The molecule has 0 radical (unpaired) electrons. The van der Waals surface area contributed by atoms with Crippen molar-refractivity contribution in [1.82, 2.24) is 4.90 Å². The standard InChI is InChI=1S/C18H22N2O3S/c1-24(22)17-11-5-4-8-14(17)19-18(21)20-12-6-2-3-9-15(20)16-10-7-13-23-16/h4-5,7-8,10-11,13,15H,2-3,6,9,12H2,1H3,(H,19,21)/t15-,24-/m1/s1. The van der Waals surface area contributed by atoms with Crippen LogP contribution in [-0.4, -0.2) is 27.9 Å². The summed E-state index contributed by atoms with van der Waals surface area (Å²) in [7, 11) is -1.16. The van der Waals surface area contributed by atoms with Crippen LogP contribution >= 0.6 is 0 Å². The van der Waals surface area contributed by atoms with E-state index in [9.17, 15) is 9.00 Å². The molecule has 1 aromatic carbocycles. The molecule has 2 heterocycles. The van der Waals surface area contributed by atoms with Crippen LogP contribution in [0.25, 0.3) is 0 Å². The van der Waals surface area contributed by atoms with Crippen LogP contribution in [-0.2, 0) is 10.8 Å². The Balaban J connectivity index is 1.83. The fourth-order valence-corrected chi connectivity index (χ4v) is 3.83. The van der Waals surface area contributed by atoms with Crippen molar-refractivity contribution in [2.75, 3.05) is 18.1 Å². The molecule has 5 nitrogen and oxygen atoms in total. The van der Waals surface area contributed by atoms with Crippen molar-refractivity contribution in [1.29, 1.82) is 0 Å². The molecule has 0 saturated carbocycles. The summed E-state index contributed by atoms with van der Waals surface area (Å²) in [6.45, 7) is 0.689. The minimum absolute atomic E-state index is 0.0539. The van der Waals surface area contributed by atoms with Gasteiger partial charge < -0.3 is 14.6 Å². The maximum absolute atomic E-state index is 12.9. The maximum Gasteiger partial charge on any atom is 0.322 e. The number of likely N-dealkylation sites (tertiary alicyclic amines) is 1. The van der Waals surface area contributed by atoms with E-state index in [-0.39, 0.29) is 12.1 Å². The highest BCUT2D eigenvalue weighted by Gasteiger charge is 2.29. The van der Waals surface area contributed by atoms with E-state index < -0.39 is 10.8 Å². The summed E-state index contributed by atoms with van der Waals surface area (Å²) in [5, 5.41) is 2.93. The van der Waals surface area contributed by atoms with Gasteiger partial charge in [0.2, 0.25) is 0 Å². The lowest BCUT2D eigenvalue weighted by Crippen LogP contribution is -2.38. The van der Waals surface area contributed by atoms with Crippen molar-refractivity contribution < 1.29 is 13.4 Å². The third-order valence-electron chi connectivity index (χ3n) is 4.32. The number of amides is 2. The van der Waals surface area contributed by atoms with Crippen molar-refractivity contribution in [3.8, 4) is 0 Å². The summed E-state index contributed by atoms with van der Waals surface area (Å²) < 4.78 is 17.4. The zero-order valence-electron chi connectivity index (χ0n) is 13.7. The Morgan fingerprint density at radius 2 is 2.04 bits per heavy atom. The Morgan fingerprint density at radius 1 is 1.21 bits per heavy atom. The first-order valence-corrected chi connectivity index (χ1v) is 9.76. The van der Waals surface area contributed by atoms with Crippen LogP contribution in [0.3, 0.4) is 0 Å². The highest BCUT2D eigenvalue weighted by Crippen LogP contribution is 2.31. The SMILES string of the molecule is C[S@@](=O)c1ccccc1NC(=O)N1CCCCC[C@@H]1c1ccco1. The molecular weight excluding hydrogens is 324 g/mol. The summed E-state index contributed by atoms with van der Waals surface area (Å²) in [6, 6.07) is 10.8. The molecular formula is C18H22N2O3S. The number of carbonyl (C=O) groups is 1. The zero-order chi connectivity index (χ0) is 16.9. The number of hydrogen-bond donors (Lipinski definition) is 1. The van der Waals surface area contributed by atoms with Crippen molar-refractivity contribution in [2.45, 2.75) is 36.6 Å². The van der Waals surface area contributed by atoms with Gasteiger partial charge in [0.15, 0.2) is 0 Å². The molecule has 24 heavy (non-hydrogen) atoms. The van der Waals surface area contributed by atoms with Crippen LogP contribution < -0.4 is 5.32 Å². The molecule has 6 heteroatoms. The Labute approximate surface area is 144 Å². The van der Waals surface area contributed by atoms with Crippen LogP contribution in [0.2, 0.25) is 0 Å². The van der Waals surface area contributed by atoms with Gasteiger partial charge in [0.05, 0.1) is 33.7 Å². The van der Waals surface area contributed by atoms with E-state index in [1.165, 1.54) is 0 Å². The largest absolute Gasteiger partial charge is 0.467 e. The number of benzene rings is 1. The number of rotatable bonds is 3. The van der Waals surface area contributed by atoms with E-state index in [4.69, 9.17) is 4.42 Å². The molecule has 2 aromatic rings. The van der Waals surface area contributed by atoms with Crippen LogP contribution in [0.4, 0.5) is 10.5 Å². The Morgan fingerprint density at radius 3 is 2.79 bits per heavy atom. The number of anilines is 1. The minimum Gasteiger partial charge on any atom is -0.467 e. The Hall–Kier alpha value is -2.08. The number of para-hydroxylation sites is 1. The molecule has 1 N–H and O–H groups in total. The van der Waals surface area contributed by atoms with E-state index in [0.717, 1.165) is 31.4 Å². The second-order valence-corrected chi connectivity index (χ2v) is 7.30. The quantitative estimate of drug-likeness (QED) is 0.907. The highest BCUT2D eigenvalue weighted by atomic mass is 32.2. The highest BCUT2D eigenvalue weighted by molar-refractivity contribution is 7.84. The van der Waals surface area contributed by atoms with Crippen LogP contribution in [0.5, 0.6) is 0 Å². The second kappa shape index (κ2) is 7.66. The summed E-state index contributed by atoms with van der Waals surface area (Å²) in [6.07, 6.45) is 7.31. The van der Waals surface area contributed by atoms with E-state index >= 15 is 0 Å². The number of hydrogen-bond acceptors (Lipinski definition) is 3. The summed E-state index contributed by atoms with van der Waals surface area (Å²) in [5.74, 6) is 0.819. The van der Waals surface area contributed by atoms with Crippen LogP contribution in [0, 0.1) is 0 Å². The van der Waals surface area contributed by atoms with Crippen molar-refractivity contribution in [3.05, 3.63) is 48.4 Å². The predicted molar refractivity (Wildman–Crippen MR) is 94.4 cm³/mol. The minimum atomic E-state index is -1.16. The molecule has 0 unspecified atom stereocenters. The fourth-order valence-electron chi connectivity index (χ4n) is 3.14. The molecule has 0 bridgehead atoms. The number of urea groups is 1. The molecule has 0 spiro atoms. The molecule has 1 fully saturated rings. The predicted octanol–water partition coefficient (Wildman–Crippen LogP) is 4.17. The van der Waals surface area contributed by atoms with Crippen molar-refractivity contribution in [2.24, 2.45) is 0 Å². The van der Waals surface area contributed by atoms with Gasteiger partial charge in [-0.15, -0.1) is 0 Å². The number of carbonyl (C=O) groups excluding carboxylic acids is 1. The summed E-state index contributed by atoms with van der Waals surface area (Å²) in [5.41, 5.74) is 0.603. The first-order chi connectivity index (χ1) is 11.7. The normalized spacial score (nSPS) is 19.5. The third kappa shape index (κ3) is 3.70. The topological polar surface area (TPSA) is 62.6 Å². The van der Waals surface area contributed by atoms with Gasteiger partial charge >= 0.3 is 6.03 Å². The van der Waals surface area contributed by atoms with Gasteiger partial charge in [0, 0.05) is 12.8 Å². The van der Waals surface area contributed by atoms with Gasteiger partial charge in [0.25, 0.3) is 0 Å². The fraction of sp³-hybridized carbons (Fsp3) is 0.389. The monoisotopic (exact) mass is 346 g/mol. The van der Waals surface area contributed by atoms with Crippen molar-refractivity contribution >= 4 is 22.5 Å². The zero-order valence-corrected chi connectivity index (χ0v) is 14.6. The summed E-state index contributed by atoms with van der Waals surface area (Å²) >= 11 is 0. The molecule has 1 aliphatic rings. The van der Waals surface area contributed by atoms with E-state index in [1.54, 1.807) is 24.7 Å². The molecule has 2 amide bonds. The van der Waals surface area contributed by atoms with E-state index in [1.807, 2.05) is 29.2 Å². The van der Waals surface area contributed by atoms with Crippen molar-refractivity contribution in [3.63, 3.8) is 0 Å². The second-order valence-electron chi connectivity index (χ2n) is 5.95. The lowest BCUT2D eigenvalue weighted by Gasteiger charge is -2.29. The third-order valence-corrected chi connectivity index (χ3v) is 5.30. The van der Waals surface area contributed by atoms with Gasteiger partial charge in [0.1, 0.15) is 5.76 Å². The number of nitrogens with one attached hydrogen (secondary N) is 1. The van der Waals surface area contributed by atoms with Crippen LogP contribution in [0.1, 0.15) is 37.5 Å². The molecule has 0 aliphatic carbocycles. The Bertz CT molecular complexity index is 715. The van der Waals surface area contributed by atoms with Gasteiger partial charge in [-0.3, -0.25) is 4.21 Å². The first kappa shape index (κ1) is 16.8. The number of furan rings is 1. The van der Waals surface area contributed by atoms with Gasteiger partial charge in [-0.1, -0.05) is 25.0 Å². The van der Waals surface area contributed by atoms with E-state index in [0.29, 0.717) is 17.1 Å². The van der Waals surface area contributed by atoms with Gasteiger partial charge in [-0.05, 0) is 37.1 Å². The Kier molecular flexibility index (Phi) is 5.35. The van der Waals surface area contributed by atoms with Gasteiger partial charge in [-0.25, -0.2) is 4.79 Å². The molecule has 1 aromatic heterocycles.